The zero-order valence-electron chi connectivity index (χ0n) is 14.1. The van der Waals surface area contributed by atoms with Gasteiger partial charge in [-0.2, -0.15) is 5.10 Å². The first-order valence-electron chi connectivity index (χ1n) is 8.91. The molecular formula is C18H24N4OS. The van der Waals surface area contributed by atoms with Crippen LogP contribution in [0.5, 0.6) is 0 Å². The molecule has 0 aliphatic carbocycles. The van der Waals surface area contributed by atoms with Gasteiger partial charge in [-0.1, -0.05) is 6.42 Å². The van der Waals surface area contributed by atoms with Crippen LogP contribution < -0.4 is 5.32 Å². The highest BCUT2D eigenvalue weighted by atomic mass is 32.1. The molecule has 0 radical (unpaired) electrons. The van der Waals surface area contributed by atoms with Gasteiger partial charge in [-0.3, -0.25) is 9.69 Å². The normalized spacial score (nSPS) is 21.5. The zero-order valence-corrected chi connectivity index (χ0v) is 14.9. The predicted octanol–water partition coefficient (Wildman–Crippen LogP) is 3.42. The molecule has 1 saturated heterocycles. The molecule has 0 aromatic carbocycles. The summed E-state index contributed by atoms with van der Waals surface area (Å²) in [7, 11) is 0. The van der Waals surface area contributed by atoms with Crippen LogP contribution in [0.25, 0.3) is 0 Å². The standard InChI is InChI=1S/C18H24N4OS/c1-2-22-18-15(11-19-22)14(10-17(23)20-18)16-7-6-13(24-16)12-21-8-4-3-5-9-21/h6-7,11,14H,2-5,8-10,12H2,1H3,(H,20,23). The van der Waals surface area contributed by atoms with Gasteiger partial charge in [-0.25, -0.2) is 4.68 Å². The van der Waals surface area contributed by atoms with Gasteiger partial charge in [0.15, 0.2) is 0 Å². The van der Waals surface area contributed by atoms with Crippen LogP contribution in [0.1, 0.15) is 53.8 Å². The van der Waals surface area contributed by atoms with Crippen molar-refractivity contribution in [2.45, 2.75) is 51.6 Å². The number of hydrogen-bond acceptors (Lipinski definition) is 4. The van der Waals surface area contributed by atoms with Crippen molar-refractivity contribution >= 4 is 23.1 Å². The van der Waals surface area contributed by atoms with Crippen LogP contribution in [-0.2, 0) is 17.9 Å². The van der Waals surface area contributed by atoms with Crippen LogP contribution in [0.15, 0.2) is 18.3 Å². The van der Waals surface area contributed by atoms with E-state index in [-0.39, 0.29) is 11.8 Å². The van der Waals surface area contributed by atoms with Gasteiger partial charge in [0.2, 0.25) is 5.91 Å². The molecule has 6 heteroatoms. The molecule has 4 rings (SSSR count). The predicted molar refractivity (Wildman–Crippen MR) is 96.4 cm³/mol. The summed E-state index contributed by atoms with van der Waals surface area (Å²) in [6, 6.07) is 4.45. The van der Waals surface area contributed by atoms with Gasteiger partial charge in [0.05, 0.1) is 6.20 Å². The maximum absolute atomic E-state index is 12.1. The molecule has 5 nitrogen and oxygen atoms in total. The molecule has 4 heterocycles. The molecule has 128 valence electrons. The first-order chi connectivity index (χ1) is 11.7. The minimum Gasteiger partial charge on any atom is -0.311 e. The van der Waals surface area contributed by atoms with Gasteiger partial charge in [0, 0.05) is 40.7 Å². The maximum Gasteiger partial charge on any atom is 0.226 e. The van der Waals surface area contributed by atoms with Crippen LogP contribution in [-0.4, -0.2) is 33.7 Å². The number of nitrogens with one attached hydrogen (secondary N) is 1. The monoisotopic (exact) mass is 344 g/mol. The van der Waals surface area contributed by atoms with E-state index in [0.717, 1.165) is 24.5 Å². The summed E-state index contributed by atoms with van der Waals surface area (Å²) in [5, 5.41) is 7.41. The molecule has 1 fully saturated rings. The molecule has 2 aromatic heterocycles. The Kier molecular flexibility index (Phi) is 4.41. The Morgan fingerprint density at radius 1 is 1.29 bits per heavy atom. The maximum atomic E-state index is 12.1. The zero-order chi connectivity index (χ0) is 16.5. The highest BCUT2D eigenvalue weighted by molar-refractivity contribution is 7.12. The van der Waals surface area contributed by atoms with Crippen LogP contribution in [0, 0.1) is 0 Å². The van der Waals surface area contributed by atoms with E-state index in [9.17, 15) is 4.79 Å². The lowest BCUT2D eigenvalue weighted by atomic mass is 9.93. The molecule has 2 aliphatic rings. The van der Waals surface area contributed by atoms with Crippen LogP contribution in [0.2, 0.25) is 0 Å². The van der Waals surface area contributed by atoms with Gasteiger partial charge in [-0.15, -0.1) is 11.3 Å². The smallest absolute Gasteiger partial charge is 0.226 e. The molecule has 2 aliphatic heterocycles. The van der Waals surface area contributed by atoms with Crippen LogP contribution in [0.4, 0.5) is 5.82 Å². The third-order valence-electron chi connectivity index (χ3n) is 5.04. The van der Waals surface area contributed by atoms with E-state index in [1.54, 1.807) is 0 Å². The summed E-state index contributed by atoms with van der Waals surface area (Å²) in [6.45, 7) is 6.29. The van der Waals surface area contributed by atoms with Crippen molar-refractivity contribution in [2.24, 2.45) is 0 Å². The number of amides is 1. The number of anilines is 1. The van der Waals surface area contributed by atoms with E-state index in [1.807, 2.05) is 29.1 Å². The van der Waals surface area contributed by atoms with Crippen molar-refractivity contribution in [1.29, 1.82) is 0 Å². The Morgan fingerprint density at radius 2 is 2.12 bits per heavy atom. The lowest BCUT2D eigenvalue weighted by Crippen LogP contribution is -2.28. The molecule has 1 amide bonds. The van der Waals surface area contributed by atoms with Crippen molar-refractivity contribution in [3.63, 3.8) is 0 Å². The van der Waals surface area contributed by atoms with Gasteiger partial charge in [0.1, 0.15) is 5.82 Å². The molecule has 0 spiro atoms. The number of nitrogens with zero attached hydrogens (tertiary/aromatic N) is 3. The fourth-order valence-corrected chi connectivity index (χ4v) is 4.94. The molecule has 0 saturated carbocycles. The third kappa shape index (κ3) is 3.00. The van der Waals surface area contributed by atoms with Crippen molar-refractivity contribution in [3.05, 3.63) is 33.6 Å². The average molecular weight is 344 g/mol. The van der Waals surface area contributed by atoms with Crippen LogP contribution in [0.3, 0.4) is 0 Å². The molecule has 2 aromatic rings. The number of aryl methyl sites for hydroxylation is 1. The van der Waals surface area contributed by atoms with Crippen molar-refractivity contribution < 1.29 is 4.79 Å². The summed E-state index contributed by atoms with van der Waals surface area (Å²) in [6.07, 6.45) is 6.45. The first kappa shape index (κ1) is 15.8. The van der Waals surface area contributed by atoms with E-state index in [0.29, 0.717) is 6.42 Å². The number of aromatic nitrogens is 2. The van der Waals surface area contributed by atoms with Gasteiger partial charge in [0.25, 0.3) is 0 Å². The van der Waals surface area contributed by atoms with Gasteiger partial charge >= 0.3 is 0 Å². The van der Waals surface area contributed by atoms with Gasteiger partial charge in [-0.05, 0) is 45.0 Å². The summed E-state index contributed by atoms with van der Waals surface area (Å²) < 4.78 is 1.88. The van der Waals surface area contributed by atoms with Crippen molar-refractivity contribution in [2.75, 3.05) is 18.4 Å². The Labute approximate surface area is 146 Å². The van der Waals surface area contributed by atoms with E-state index < -0.39 is 0 Å². The van der Waals surface area contributed by atoms with Crippen molar-refractivity contribution in [3.8, 4) is 0 Å². The molecule has 1 unspecified atom stereocenters. The second kappa shape index (κ2) is 6.69. The summed E-state index contributed by atoms with van der Waals surface area (Å²) in [5.74, 6) is 1.12. The minimum atomic E-state index is 0.0914. The van der Waals surface area contributed by atoms with E-state index in [4.69, 9.17) is 0 Å². The SMILES string of the molecule is CCn1ncc2c1NC(=O)CC2c1ccc(CN2CCCCC2)s1. The number of carbonyl (C=O) groups is 1. The minimum absolute atomic E-state index is 0.0914. The number of carbonyl (C=O) groups excluding carboxylic acids is 1. The van der Waals surface area contributed by atoms with E-state index in [2.05, 4.69) is 27.4 Å². The second-order valence-corrected chi connectivity index (χ2v) is 7.91. The van der Waals surface area contributed by atoms with E-state index in [1.165, 1.54) is 42.1 Å². The lowest BCUT2D eigenvalue weighted by molar-refractivity contribution is -0.116. The fraction of sp³-hybridized carbons (Fsp3) is 0.556. The molecular weight excluding hydrogens is 320 g/mol. The largest absolute Gasteiger partial charge is 0.311 e. The van der Waals surface area contributed by atoms with E-state index >= 15 is 0 Å². The average Bonchev–Trinajstić information content (AvgIpc) is 3.21. The van der Waals surface area contributed by atoms with Crippen molar-refractivity contribution in [1.82, 2.24) is 14.7 Å². The third-order valence-corrected chi connectivity index (χ3v) is 6.23. The quantitative estimate of drug-likeness (QED) is 0.924. The Morgan fingerprint density at radius 3 is 2.92 bits per heavy atom. The fourth-order valence-electron chi connectivity index (χ4n) is 3.77. The highest BCUT2D eigenvalue weighted by Crippen LogP contribution is 2.40. The number of likely N-dealkylation sites (tertiary alicyclic amines) is 1. The van der Waals surface area contributed by atoms with Gasteiger partial charge < -0.3 is 5.32 Å². The molecule has 1 atom stereocenters. The molecule has 1 N–H and O–H groups in total. The second-order valence-electron chi connectivity index (χ2n) is 6.71. The number of fused-ring (bicyclic) bond motifs is 1. The summed E-state index contributed by atoms with van der Waals surface area (Å²) in [5.41, 5.74) is 1.16. The Hall–Kier alpha value is -1.66. The highest BCUT2D eigenvalue weighted by Gasteiger charge is 2.30. The number of thiophene rings is 1. The topological polar surface area (TPSA) is 50.2 Å². The Balaban J connectivity index is 1.56. The lowest BCUT2D eigenvalue weighted by Gasteiger charge is -2.25. The Bertz CT molecular complexity index is 729. The number of rotatable bonds is 4. The van der Waals surface area contributed by atoms with Crippen LogP contribution >= 0.6 is 11.3 Å². The first-order valence-corrected chi connectivity index (χ1v) is 9.72. The number of piperidine rings is 1. The summed E-state index contributed by atoms with van der Waals surface area (Å²) in [4.78, 5) is 17.4. The molecule has 0 bridgehead atoms. The number of hydrogen-bond donors (Lipinski definition) is 1. The molecule has 24 heavy (non-hydrogen) atoms. The summed E-state index contributed by atoms with van der Waals surface area (Å²) >= 11 is 1.86.